The molecule has 16 heavy (non-hydrogen) atoms. The third-order valence-electron chi connectivity index (χ3n) is 2.18. The number of nitriles is 1. The molecule has 7 heteroatoms. The Morgan fingerprint density at radius 3 is 3.00 bits per heavy atom. The van der Waals surface area contributed by atoms with Gasteiger partial charge in [0.15, 0.2) is 17.2 Å². The molecule has 0 atom stereocenters. The highest BCUT2D eigenvalue weighted by atomic mass is 15.3. The van der Waals surface area contributed by atoms with E-state index in [1.807, 2.05) is 0 Å². The monoisotopic (exact) mass is 211 g/mol. The highest BCUT2D eigenvalue weighted by Gasteiger charge is 2.10. The molecule has 3 aromatic rings. The van der Waals surface area contributed by atoms with Crippen molar-refractivity contribution in [1.82, 2.24) is 30.0 Å². The predicted molar refractivity (Wildman–Crippen MR) is 53.1 cm³/mol. The van der Waals surface area contributed by atoms with Gasteiger partial charge in [0.2, 0.25) is 0 Å². The van der Waals surface area contributed by atoms with Gasteiger partial charge in [0, 0.05) is 6.20 Å². The number of nitrogens with one attached hydrogen (secondary N) is 1. The van der Waals surface area contributed by atoms with E-state index < -0.39 is 0 Å². The second kappa shape index (κ2) is 3.13. The van der Waals surface area contributed by atoms with Crippen molar-refractivity contribution in [1.29, 1.82) is 5.26 Å². The summed E-state index contributed by atoms with van der Waals surface area (Å²) in [6, 6.07) is 5.48. The van der Waals surface area contributed by atoms with Crippen LogP contribution in [0.1, 0.15) is 5.56 Å². The Balaban J connectivity index is 2.31. The molecular weight excluding hydrogens is 206 g/mol. The van der Waals surface area contributed by atoms with Crippen molar-refractivity contribution in [3.63, 3.8) is 0 Å². The number of hydrogen-bond donors (Lipinski definition) is 1. The molecule has 0 aromatic carbocycles. The second-order valence-electron chi connectivity index (χ2n) is 3.14. The summed E-state index contributed by atoms with van der Waals surface area (Å²) in [7, 11) is 0. The van der Waals surface area contributed by atoms with Gasteiger partial charge in [0.25, 0.3) is 0 Å². The van der Waals surface area contributed by atoms with Gasteiger partial charge >= 0.3 is 0 Å². The number of aromatic nitrogens is 6. The average Bonchev–Trinajstić information content (AvgIpc) is 2.96. The number of rotatable bonds is 1. The normalized spacial score (nSPS) is 10.4. The van der Waals surface area contributed by atoms with Crippen molar-refractivity contribution in [2.24, 2.45) is 0 Å². The summed E-state index contributed by atoms with van der Waals surface area (Å²) in [5, 5.41) is 26.9. The summed E-state index contributed by atoms with van der Waals surface area (Å²) in [5.41, 5.74) is 1.79. The van der Waals surface area contributed by atoms with E-state index in [0.717, 1.165) is 0 Å². The van der Waals surface area contributed by atoms with Crippen LogP contribution in [0.2, 0.25) is 0 Å². The third-order valence-corrected chi connectivity index (χ3v) is 2.18. The summed E-state index contributed by atoms with van der Waals surface area (Å²) in [6.45, 7) is 0. The van der Waals surface area contributed by atoms with Crippen molar-refractivity contribution in [3.05, 3.63) is 30.1 Å². The van der Waals surface area contributed by atoms with Crippen molar-refractivity contribution in [2.45, 2.75) is 0 Å². The number of pyridine rings is 1. The molecule has 0 fully saturated rings. The molecule has 0 saturated carbocycles. The van der Waals surface area contributed by atoms with E-state index in [1.54, 1.807) is 28.9 Å². The lowest BCUT2D eigenvalue weighted by Gasteiger charge is -1.95. The van der Waals surface area contributed by atoms with E-state index in [4.69, 9.17) is 5.26 Å². The Kier molecular flexibility index (Phi) is 1.67. The van der Waals surface area contributed by atoms with Crippen LogP contribution >= 0.6 is 0 Å². The van der Waals surface area contributed by atoms with Gasteiger partial charge in [-0.15, -0.1) is 10.2 Å². The Morgan fingerprint density at radius 2 is 2.25 bits per heavy atom. The number of aromatic amines is 1. The summed E-state index contributed by atoms with van der Waals surface area (Å²) < 4.78 is 1.70. The standard InChI is InChI=1S/C9H5N7/c10-3-6-1-2-8-13-14-9(16(8)5-6)7-4-11-15-12-7/h1-2,4-5H,(H,11,12,15). The lowest BCUT2D eigenvalue weighted by atomic mass is 10.3. The number of H-pyrrole nitrogens is 1. The lowest BCUT2D eigenvalue weighted by molar-refractivity contribution is 0.936. The maximum Gasteiger partial charge on any atom is 0.190 e. The zero-order valence-electron chi connectivity index (χ0n) is 7.99. The molecule has 0 spiro atoms. The van der Waals surface area contributed by atoms with E-state index in [9.17, 15) is 0 Å². The van der Waals surface area contributed by atoms with Gasteiger partial charge in [-0.2, -0.15) is 20.7 Å². The highest BCUT2D eigenvalue weighted by molar-refractivity contribution is 5.55. The predicted octanol–water partition coefficient (Wildman–Crippen LogP) is 0.386. The minimum Gasteiger partial charge on any atom is -0.280 e. The van der Waals surface area contributed by atoms with Crippen LogP contribution in [0.4, 0.5) is 0 Å². The summed E-state index contributed by atoms with van der Waals surface area (Å²) in [5.74, 6) is 0.556. The van der Waals surface area contributed by atoms with Gasteiger partial charge in [-0.05, 0) is 12.1 Å². The number of hydrogen-bond acceptors (Lipinski definition) is 5. The minimum atomic E-state index is 0.539. The third kappa shape index (κ3) is 1.14. The molecule has 76 valence electrons. The van der Waals surface area contributed by atoms with Crippen LogP contribution in [0.15, 0.2) is 24.5 Å². The van der Waals surface area contributed by atoms with Crippen LogP contribution in [0.3, 0.4) is 0 Å². The van der Waals surface area contributed by atoms with Crippen LogP contribution in [0, 0.1) is 11.3 Å². The van der Waals surface area contributed by atoms with Gasteiger partial charge in [-0.3, -0.25) is 4.40 Å². The average molecular weight is 211 g/mol. The number of nitrogens with zero attached hydrogens (tertiary/aromatic N) is 6. The molecule has 0 radical (unpaired) electrons. The van der Waals surface area contributed by atoms with E-state index in [1.165, 1.54) is 0 Å². The Labute approximate surface area is 89.4 Å². The van der Waals surface area contributed by atoms with Crippen LogP contribution < -0.4 is 0 Å². The van der Waals surface area contributed by atoms with Crippen molar-refractivity contribution >= 4 is 5.65 Å². The largest absolute Gasteiger partial charge is 0.280 e. The molecule has 1 N–H and O–H groups in total. The Hall–Kier alpha value is -2.75. The van der Waals surface area contributed by atoms with Gasteiger partial charge in [0.1, 0.15) is 6.07 Å². The zero-order chi connectivity index (χ0) is 11.0. The molecule has 3 rings (SSSR count). The Morgan fingerprint density at radius 1 is 1.31 bits per heavy atom. The fraction of sp³-hybridized carbons (Fsp3) is 0. The molecule has 0 amide bonds. The maximum absolute atomic E-state index is 8.82. The quantitative estimate of drug-likeness (QED) is 0.628. The fourth-order valence-corrected chi connectivity index (χ4v) is 1.44. The molecule has 0 aliphatic rings. The zero-order valence-corrected chi connectivity index (χ0v) is 7.99. The van der Waals surface area contributed by atoms with Crippen LogP contribution in [0.25, 0.3) is 17.2 Å². The molecule has 0 aliphatic carbocycles. The minimum absolute atomic E-state index is 0.539. The lowest BCUT2D eigenvalue weighted by Crippen LogP contribution is -1.90. The topological polar surface area (TPSA) is 95.5 Å². The van der Waals surface area contributed by atoms with Crippen molar-refractivity contribution < 1.29 is 0 Å². The van der Waals surface area contributed by atoms with Crippen molar-refractivity contribution in [3.8, 4) is 17.6 Å². The second-order valence-corrected chi connectivity index (χ2v) is 3.14. The SMILES string of the molecule is N#Cc1ccc2nnc(-c3cn[nH]n3)n2c1. The van der Waals surface area contributed by atoms with Crippen molar-refractivity contribution in [2.75, 3.05) is 0 Å². The molecular formula is C9H5N7. The molecule has 0 aliphatic heterocycles. The molecule has 7 nitrogen and oxygen atoms in total. The smallest absolute Gasteiger partial charge is 0.190 e. The first-order valence-corrected chi connectivity index (χ1v) is 4.49. The van der Waals surface area contributed by atoms with Gasteiger partial charge in [0.05, 0.1) is 11.8 Å². The van der Waals surface area contributed by atoms with E-state index in [-0.39, 0.29) is 0 Å². The van der Waals surface area contributed by atoms with Gasteiger partial charge in [-0.1, -0.05) is 0 Å². The first kappa shape index (κ1) is 8.55. The molecule has 3 heterocycles. The maximum atomic E-state index is 8.82. The van der Waals surface area contributed by atoms with E-state index in [2.05, 4.69) is 31.7 Å². The highest BCUT2D eigenvalue weighted by Crippen LogP contribution is 2.14. The molecule has 0 unspecified atom stereocenters. The Bertz CT molecular complexity index is 674. The number of fused-ring (bicyclic) bond motifs is 1. The van der Waals surface area contributed by atoms with E-state index in [0.29, 0.717) is 22.7 Å². The summed E-state index contributed by atoms with van der Waals surface area (Å²) in [4.78, 5) is 0. The molecule has 0 bridgehead atoms. The van der Waals surface area contributed by atoms with E-state index >= 15 is 0 Å². The van der Waals surface area contributed by atoms with Gasteiger partial charge in [-0.25, -0.2) is 0 Å². The summed E-state index contributed by atoms with van der Waals surface area (Å²) in [6.07, 6.45) is 3.22. The molecule has 3 aromatic heterocycles. The molecule has 0 saturated heterocycles. The van der Waals surface area contributed by atoms with Gasteiger partial charge < -0.3 is 0 Å². The first-order chi connectivity index (χ1) is 7.88. The van der Waals surface area contributed by atoms with Crippen LogP contribution in [0.5, 0.6) is 0 Å². The first-order valence-electron chi connectivity index (χ1n) is 4.49. The van der Waals surface area contributed by atoms with Crippen LogP contribution in [-0.2, 0) is 0 Å². The van der Waals surface area contributed by atoms with Crippen LogP contribution in [-0.4, -0.2) is 30.0 Å². The fourth-order valence-electron chi connectivity index (χ4n) is 1.44. The summed E-state index contributed by atoms with van der Waals surface area (Å²) >= 11 is 0.